The standard InChI is InChI=1S/C30H51N5O9/c1-9-17(4)23-29(42)34(8)24(16(2)3)30(43)33(7)19(6)26(39)31-12-10-22(38)44-21(14-20(37)15-36)28(41)35-13-11-18(5)25(35)27(40)32-23/h16-21,23-25,36-37H,9-15H2,1-8H3,(H,31,39)(H,32,40)/t17-,18+,19-,20-,21-,23-,24+,25-/m0/s1. The fraction of sp³-hybridized carbons (Fsp3) is 0.800. The smallest absolute Gasteiger partial charge is 0.308 e. The summed E-state index contributed by atoms with van der Waals surface area (Å²) in [5, 5.41) is 25.0. The molecule has 0 radical (unpaired) electrons. The van der Waals surface area contributed by atoms with E-state index in [2.05, 4.69) is 10.6 Å². The molecule has 0 aromatic rings. The van der Waals surface area contributed by atoms with Gasteiger partial charge in [-0.05, 0) is 31.1 Å². The first kappa shape index (κ1) is 36.9. The SMILES string of the molecule is CC[C@H](C)[C@@H]1NC(=O)[C@@H]2[C@H](C)CCN2C(=O)[C@H](C[C@H](O)CO)OC(=O)CCNC(=O)[C@H](C)N(C)C(=O)[C@@H](C(C)C)N(C)C1=O. The highest BCUT2D eigenvalue weighted by molar-refractivity contribution is 5.96. The lowest BCUT2D eigenvalue weighted by Crippen LogP contribution is -2.61. The van der Waals surface area contributed by atoms with Gasteiger partial charge in [0.1, 0.15) is 24.2 Å². The Morgan fingerprint density at radius 3 is 2.16 bits per heavy atom. The first-order valence-corrected chi connectivity index (χ1v) is 15.5. The monoisotopic (exact) mass is 625 g/mol. The van der Waals surface area contributed by atoms with Gasteiger partial charge in [0.15, 0.2) is 6.10 Å². The molecule has 250 valence electrons. The number of cyclic esters (lactones) is 1. The van der Waals surface area contributed by atoms with Crippen LogP contribution in [0.4, 0.5) is 0 Å². The van der Waals surface area contributed by atoms with Gasteiger partial charge in [-0.1, -0.05) is 41.0 Å². The maximum Gasteiger partial charge on any atom is 0.308 e. The highest BCUT2D eigenvalue weighted by Crippen LogP contribution is 2.27. The van der Waals surface area contributed by atoms with Crippen LogP contribution < -0.4 is 10.6 Å². The highest BCUT2D eigenvalue weighted by atomic mass is 16.5. The predicted molar refractivity (Wildman–Crippen MR) is 160 cm³/mol. The van der Waals surface area contributed by atoms with Gasteiger partial charge in [-0.2, -0.15) is 0 Å². The first-order chi connectivity index (χ1) is 20.6. The predicted octanol–water partition coefficient (Wildman–Crippen LogP) is -0.741. The number of hydrogen-bond donors (Lipinski definition) is 4. The van der Waals surface area contributed by atoms with E-state index < -0.39 is 84.9 Å². The molecule has 0 spiro atoms. The van der Waals surface area contributed by atoms with Crippen molar-refractivity contribution in [3.8, 4) is 0 Å². The summed E-state index contributed by atoms with van der Waals surface area (Å²) in [7, 11) is 2.96. The number of hydrogen-bond acceptors (Lipinski definition) is 9. The summed E-state index contributed by atoms with van der Waals surface area (Å²) < 4.78 is 5.42. The molecule has 5 amide bonds. The Kier molecular flexibility index (Phi) is 13.6. The minimum absolute atomic E-state index is 0.151. The molecule has 2 aliphatic rings. The summed E-state index contributed by atoms with van der Waals surface area (Å²) in [4.78, 5) is 84.7. The van der Waals surface area contributed by atoms with Crippen molar-refractivity contribution in [3.63, 3.8) is 0 Å². The Bertz CT molecular complexity index is 1070. The van der Waals surface area contributed by atoms with E-state index in [4.69, 9.17) is 4.74 Å². The van der Waals surface area contributed by atoms with Crippen molar-refractivity contribution in [2.45, 2.75) is 104 Å². The highest BCUT2D eigenvalue weighted by Gasteiger charge is 2.45. The number of nitrogens with one attached hydrogen (secondary N) is 2. The number of carbonyl (C=O) groups excluding carboxylic acids is 6. The molecule has 2 fully saturated rings. The maximum atomic E-state index is 14.0. The van der Waals surface area contributed by atoms with Crippen LogP contribution in [0.15, 0.2) is 0 Å². The Hall–Kier alpha value is -3.26. The molecule has 2 saturated heterocycles. The summed E-state index contributed by atoms with van der Waals surface area (Å²) in [6.07, 6.45) is -2.56. The van der Waals surface area contributed by atoms with Crippen LogP contribution in [0.25, 0.3) is 0 Å². The molecule has 4 N–H and O–H groups in total. The Balaban J connectivity index is 2.59. The van der Waals surface area contributed by atoms with Gasteiger partial charge in [-0.3, -0.25) is 28.8 Å². The number of nitrogens with zero attached hydrogens (tertiary/aromatic N) is 3. The van der Waals surface area contributed by atoms with Gasteiger partial charge in [0.05, 0.1) is 19.1 Å². The van der Waals surface area contributed by atoms with Gasteiger partial charge < -0.3 is 40.3 Å². The number of carbonyl (C=O) groups is 6. The number of aliphatic hydroxyl groups excluding tert-OH is 2. The average Bonchev–Trinajstić information content (AvgIpc) is 3.37. The van der Waals surface area contributed by atoms with E-state index in [-0.39, 0.29) is 37.3 Å². The molecule has 0 bridgehead atoms. The molecule has 2 aliphatic heterocycles. The second-order valence-electron chi connectivity index (χ2n) is 12.5. The largest absolute Gasteiger partial charge is 0.452 e. The number of ether oxygens (including phenoxy) is 1. The molecule has 0 unspecified atom stereocenters. The molecular weight excluding hydrogens is 574 g/mol. The third-order valence-electron chi connectivity index (χ3n) is 8.86. The number of amides is 5. The molecule has 0 aromatic heterocycles. The number of likely N-dealkylation sites (N-methyl/N-ethyl adjacent to an activating group) is 2. The van der Waals surface area contributed by atoms with E-state index >= 15 is 0 Å². The number of aliphatic hydroxyl groups is 2. The molecule has 14 nitrogen and oxygen atoms in total. The number of esters is 1. The molecule has 44 heavy (non-hydrogen) atoms. The topological polar surface area (TPSA) is 186 Å². The van der Waals surface area contributed by atoms with Crippen LogP contribution in [0.1, 0.15) is 67.2 Å². The molecule has 0 saturated carbocycles. The van der Waals surface area contributed by atoms with Gasteiger partial charge in [-0.15, -0.1) is 0 Å². The maximum absolute atomic E-state index is 14.0. The van der Waals surface area contributed by atoms with Crippen molar-refractivity contribution in [2.24, 2.45) is 17.8 Å². The third kappa shape index (κ3) is 8.68. The molecule has 0 aliphatic carbocycles. The third-order valence-corrected chi connectivity index (χ3v) is 8.86. The van der Waals surface area contributed by atoms with Crippen LogP contribution in [-0.4, -0.2) is 131 Å². The van der Waals surface area contributed by atoms with Crippen LogP contribution >= 0.6 is 0 Å². The lowest BCUT2D eigenvalue weighted by molar-refractivity contribution is -0.164. The van der Waals surface area contributed by atoms with Crippen molar-refractivity contribution < 1.29 is 43.7 Å². The van der Waals surface area contributed by atoms with Crippen LogP contribution in [0.5, 0.6) is 0 Å². The van der Waals surface area contributed by atoms with Crippen LogP contribution in [-0.2, 0) is 33.5 Å². The first-order valence-electron chi connectivity index (χ1n) is 15.5. The minimum Gasteiger partial charge on any atom is -0.452 e. The second kappa shape index (κ2) is 16.2. The van der Waals surface area contributed by atoms with Crippen molar-refractivity contribution >= 4 is 35.5 Å². The van der Waals surface area contributed by atoms with Gasteiger partial charge in [0.25, 0.3) is 5.91 Å². The second-order valence-corrected chi connectivity index (χ2v) is 12.5. The summed E-state index contributed by atoms with van der Waals surface area (Å²) in [5.41, 5.74) is 0. The van der Waals surface area contributed by atoms with Crippen molar-refractivity contribution in [2.75, 3.05) is 33.8 Å². The normalized spacial score (nSPS) is 30.2. The summed E-state index contributed by atoms with van der Waals surface area (Å²) >= 11 is 0. The van der Waals surface area contributed by atoms with Crippen molar-refractivity contribution in [3.05, 3.63) is 0 Å². The Labute approximate surface area is 259 Å². The van der Waals surface area contributed by atoms with Crippen LogP contribution in [0, 0.1) is 17.8 Å². The number of rotatable bonds is 6. The Morgan fingerprint density at radius 1 is 0.955 bits per heavy atom. The van der Waals surface area contributed by atoms with Crippen molar-refractivity contribution in [1.82, 2.24) is 25.3 Å². The zero-order valence-corrected chi connectivity index (χ0v) is 27.2. The molecular formula is C30H51N5O9. The van der Waals surface area contributed by atoms with E-state index in [1.165, 1.54) is 35.7 Å². The zero-order chi connectivity index (χ0) is 33.5. The van der Waals surface area contributed by atoms with Crippen LogP contribution in [0.3, 0.4) is 0 Å². The molecule has 0 aromatic carbocycles. The van der Waals surface area contributed by atoms with Gasteiger partial charge >= 0.3 is 5.97 Å². The van der Waals surface area contributed by atoms with Gasteiger partial charge in [0.2, 0.25) is 23.6 Å². The van der Waals surface area contributed by atoms with Crippen LogP contribution in [0.2, 0.25) is 0 Å². The van der Waals surface area contributed by atoms with E-state index in [9.17, 15) is 39.0 Å². The van der Waals surface area contributed by atoms with E-state index in [0.29, 0.717) is 12.8 Å². The lowest BCUT2D eigenvalue weighted by Gasteiger charge is -2.38. The van der Waals surface area contributed by atoms with Gasteiger partial charge in [0, 0.05) is 33.6 Å². The average molecular weight is 626 g/mol. The number of fused-ring (bicyclic) bond motifs is 1. The van der Waals surface area contributed by atoms with E-state index in [1.807, 2.05) is 13.8 Å². The summed E-state index contributed by atoms with van der Waals surface area (Å²) in [6.45, 7) is 9.93. The molecule has 2 heterocycles. The minimum atomic E-state index is -1.49. The zero-order valence-electron chi connectivity index (χ0n) is 27.2. The Morgan fingerprint density at radius 2 is 1.59 bits per heavy atom. The van der Waals surface area contributed by atoms with Crippen molar-refractivity contribution in [1.29, 1.82) is 0 Å². The fourth-order valence-corrected chi connectivity index (χ4v) is 5.70. The molecule has 8 atom stereocenters. The quantitative estimate of drug-likeness (QED) is 0.276. The summed E-state index contributed by atoms with van der Waals surface area (Å²) in [5.74, 6) is -4.54. The van der Waals surface area contributed by atoms with Gasteiger partial charge in [-0.25, -0.2) is 0 Å². The summed E-state index contributed by atoms with van der Waals surface area (Å²) in [6, 6.07) is -3.90. The van der Waals surface area contributed by atoms with E-state index in [1.54, 1.807) is 20.8 Å². The molecule has 14 heteroatoms. The van der Waals surface area contributed by atoms with E-state index in [0.717, 1.165) is 0 Å². The fourth-order valence-electron chi connectivity index (χ4n) is 5.70. The molecule has 2 rings (SSSR count). The lowest BCUT2D eigenvalue weighted by atomic mass is 9.94.